The summed E-state index contributed by atoms with van der Waals surface area (Å²) in [5.41, 5.74) is 2.92. The van der Waals surface area contributed by atoms with Crippen molar-refractivity contribution in [2.75, 3.05) is 19.0 Å². The molecule has 0 atom stereocenters. The minimum atomic E-state index is -4.46. The van der Waals surface area contributed by atoms with E-state index in [4.69, 9.17) is 16.3 Å². The van der Waals surface area contributed by atoms with Crippen LogP contribution in [0.5, 0.6) is 5.75 Å². The number of carbonyl (C=O) groups excluding carboxylic acids is 1. The largest absolute Gasteiger partial charge is 0.494 e. The number of nitrogens with one attached hydrogen (secondary N) is 1. The molecule has 0 aliphatic carbocycles. The van der Waals surface area contributed by atoms with Gasteiger partial charge in [-0.15, -0.1) is 11.3 Å². The summed E-state index contributed by atoms with van der Waals surface area (Å²) in [5.74, 6) is 0.0818. The number of carbonyl (C=O) groups is 1. The Morgan fingerprint density at radius 3 is 2.69 bits per heavy atom. The van der Waals surface area contributed by atoms with E-state index in [1.165, 1.54) is 43.1 Å². The molecule has 1 amide bonds. The van der Waals surface area contributed by atoms with Gasteiger partial charge < -0.3 is 4.74 Å². The number of ether oxygens (including phenoxy) is 1. The quantitative estimate of drug-likeness (QED) is 0.291. The van der Waals surface area contributed by atoms with Crippen LogP contribution in [0.1, 0.15) is 37.9 Å². The lowest BCUT2D eigenvalue weighted by Crippen LogP contribution is -2.29. The van der Waals surface area contributed by atoms with Crippen molar-refractivity contribution in [3.63, 3.8) is 0 Å². The number of nitrogens with zero attached hydrogens (tertiary/aromatic N) is 5. The molecular weight excluding hydrogens is 553 g/mol. The van der Waals surface area contributed by atoms with Gasteiger partial charge in [-0.05, 0) is 30.7 Å². The summed E-state index contributed by atoms with van der Waals surface area (Å²) in [5, 5.41) is 3.60. The predicted octanol–water partition coefficient (Wildman–Crippen LogP) is 5.79. The van der Waals surface area contributed by atoms with Gasteiger partial charge in [0, 0.05) is 60.1 Å². The molecule has 4 aromatic heterocycles. The van der Waals surface area contributed by atoms with Crippen LogP contribution in [-0.2, 0) is 25.7 Å². The first-order chi connectivity index (χ1) is 18.6. The SMILES string of the molecule is COc1cnc(Cl)cc1-c1cc(C)ncc1C(=O)Nc1nc2c(s1)CN(Cc1ccc(C(F)(F)F)nc1)CC2. The van der Waals surface area contributed by atoms with E-state index in [1.807, 2.05) is 6.92 Å². The van der Waals surface area contributed by atoms with Gasteiger partial charge in [0.25, 0.3) is 5.91 Å². The van der Waals surface area contributed by atoms with Gasteiger partial charge in [0.05, 0.1) is 24.6 Å². The standard InChI is InChI=1S/C26H22ClF3N6O2S/c1-14-7-16(17-8-23(27)33-11-20(17)38-2)18(10-31-14)24(37)35-25-34-19-5-6-36(13-21(19)39-25)12-15-3-4-22(32-9-15)26(28,29)30/h3-4,7-11H,5-6,12-13H2,1-2H3,(H,34,35,37). The fraction of sp³-hybridized carbons (Fsp3) is 0.269. The van der Waals surface area contributed by atoms with E-state index in [1.54, 1.807) is 12.1 Å². The van der Waals surface area contributed by atoms with Crippen molar-refractivity contribution in [1.82, 2.24) is 24.8 Å². The van der Waals surface area contributed by atoms with Crippen LogP contribution in [-0.4, -0.2) is 44.4 Å². The molecule has 0 spiro atoms. The van der Waals surface area contributed by atoms with Gasteiger partial charge in [-0.3, -0.25) is 25.0 Å². The summed E-state index contributed by atoms with van der Waals surface area (Å²) in [6.45, 7) is 3.52. The van der Waals surface area contributed by atoms with E-state index in [-0.39, 0.29) is 11.1 Å². The number of amides is 1. The van der Waals surface area contributed by atoms with Crippen LogP contribution in [0.15, 0.2) is 42.9 Å². The Balaban J connectivity index is 1.32. The van der Waals surface area contributed by atoms with Crippen LogP contribution in [0.2, 0.25) is 5.15 Å². The van der Waals surface area contributed by atoms with Gasteiger partial charge in [0.2, 0.25) is 0 Å². The first kappa shape index (κ1) is 27.0. The average molecular weight is 575 g/mol. The average Bonchev–Trinajstić information content (AvgIpc) is 3.29. The predicted molar refractivity (Wildman–Crippen MR) is 141 cm³/mol. The van der Waals surface area contributed by atoms with Crippen LogP contribution in [0.25, 0.3) is 11.1 Å². The Labute approximate surface area is 230 Å². The molecule has 0 radical (unpaired) electrons. The lowest BCUT2D eigenvalue weighted by atomic mass is 10.0. The zero-order valence-electron chi connectivity index (χ0n) is 20.8. The lowest BCUT2D eigenvalue weighted by Gasteiger charge is -2.25. The van der Waals surface area contributed by atoms with Crippen LogP contribution in [0.4, 0.5) is 18.3 Å². The van der Waals surface area contributed by atoms with Crippen molar-refractivity contribution in [2.24, 2.45) is 0 Å². The first-order valence-electron chi connectivity index (χ1n) is 11.8. The Morgan fingerprint density at radius 1 is 1.15 bits per heavy atom. The van der Waals surface area contributed by atoms with Crippen LogP contribution >= 0.6 is 22.9 Å². The molecule has 4 aromatic rings. The molecule has 202 valence electrons. The molecule has 0 aromatic carbocycles. The number of halogens is 4. The maximum absolute atomic E-state index is 13.3. The number of hydrogen-bond donors (Lipinski definition) is 1. The van der Waals surface area contributed by atoms with Crippen molar-refractivity contribution in [3.8, 4) is 16.9 Å². The third-order valence-corrected chi connectivity index (χ3v) is 7.39. The van der Waals surface area contributed by atoms with Crippen molar-refractivity contribution >= 4 is 34.0 Å². The monoisotopic (exact) mass is 574 g/mol. The molecule has 1 N–H and O–H groups in total. The molecule has 8 nitrogen and oxygen atoms in total. The lowest BCUT2D eigenvalue weighted by molar-refractivity contribution is -0.141. The van der Waals surface area contributed by atoms with Gasteiger partial charge in [-0.25, -0.2) is 9.97 Å². The second-order valence-corrected chi connectivity index (χ2v) is 10.4. The number of hydrogen-bond acceptors (Lipinski definition) is 8. The number of aryl methyl sites for hydroxylation is 1. The molecule has 1 aliphatic heterocycles. The van der Waals surface area contributed by atoms with Crippen molar-refractivity contribution in [3.05, 3.63) is 81.1 Å². The number of anilines is 1. The molecule has 0 bridgehead atoms. The van der Waals surface area contributed by atoms with Gasteiger partial charge in [-0.2, -0.15) is 13.2 Å². The van der Waals surface area contributed by atoms with E-state index >= 15 is 0 Å². The van der Waals surface area contributed by atoms with E-state index in [9.17, 15) is 18.0 Å². The highest BCUT2D eigenvalue weighted by Crippen LogP contribution is 2.35. The third-order valence-electron chi connectivity index (χ3n) is 6.18. The number of rotatable bonds is 6. The summed E-state index contributed by atoms with van der Waals surface area (Å²) in [6, 6.07) is 5.86. The minimum absolute atomic E-state index is 0.260. The molecule has 5 rings (SSSR count). The molecular formula is C26H22ClF3N6O2S. The van der Waals surface area contributed by atoms with Crippen LogP contribution in [0.3, 0.4) is 0 Å². The highest BCUT2D eigenvalue weighted by Gasteiger charge is 2.32. The second-order valence-electron chi connectivity index (χ2n) is 8.93. The van der Waals surface area contributed by atoms with Crippen molar-refractivity contribution in [1.29, 1.82) is 0 Å². The molecule has 39 heavy (non-hydrogen) atoms. The number of thiazole rings is 1. The van der Waals surface area contributed by atoms with Crippen LogP contribution in [0, 0.1) is 6.92 Å². The summed E-state index contributed by atoms with van der Waals surface area (Å²) < 4.78 is 43.8. The summed E-state index contributed by atoms with van der Waals surface area (Å²) in [7, 11) is 1.51. The highest BCUT2D eigenvalue weighted by atomic mass is 35.5. The fourth-order valence-electron chi connectivity index (χ4n) is 4.30. The Hall–Kier alpha value is -3.61. The zero-order chi connectivity index (χ0) is 27.7. The maximum atomic E-state index is 13.3. The molecule has 0 unspecified atom stereocenters. The first-order valence-corrected chi connectivity index (χ1v) is 13.0. The number of pyridine rings is 3. The van der Waals surface area contributed by atoms with Crippen molar-refractivity contribution in [2.45, 2.75) is 32.6 Å². The molecule has 5 heterocycles. The van der Waals surface area contributed by atoms with E-state index in [0.717, 1.165) is 16.6 Å². The Morgan fingerprint density at radius 2 is 1.97 bits per heavy atom. The van der Waals surface area contributed by atoms with Crippen molar-refractivity contribution < 1.29 is 22.7 Å². The van der Waals surface area contributed by atoms with Gasteiger partial charge in [0.1, 0.15) is 16.6 Å². The molecule has 13 heteroatoms. The summed E-state index contributed by atoms with van der Waals surface area (Å²) in [4.78, 5) is 32.9. The van der Waals surface area contributed by atoms with Crippen LogP contribution < -0.4 is 10.1 Å². The summed E-state index contributed by atoms with van der Waals surface area (Å²) in [6.07, 6.45) is 0.446. The fourth-order valence-corrected chi connectivity index (χ4v) is 5.50. The molecule has 1 aliphatic rings. The minimum Gasteiger partial charge on any atom is -0.494 e. The third kappa shape index (κ3) is 6.02. The Kier molecular flexibility index (Phi) is 7.52. The molecule has 0 fully saturated rings. The topological polar surface area (TPSA) is 93.1 Å². The van der Waals surface area contributed by atoms with Gasteiger partial charge in [-0.1, -0.05) is 17.7 Å². The highest BCUT2D eigenvalue weighted by molar-refractivity contribution is 7.15. The van der Waals surface area contributed by atoms with E-state index in [2.05, 4.69) is 30.2 Å². The van der Waals surface area contributed by atoms with E-state index < -0.39 is 11.9 Å². The second kappa shape index (κ2) is 10.9. The van der Waals surface area contributed by atoms with E-state index in [0.29, 0.717) is 64.9 Å². The number of fused-ring (bicyclic) bond motifs is 1. The normalized spacial score (nSPS) is 13.7. The molecule has 0 saturated heterocycles. The zero-order valence-corrected chi connectivity index (χ0v) is 22.4. The number of aromatic nitrogens is 4. The number of methoxy groups -OCH3 is 1. The molecule has 0 saturated carbocycles. The van der Waals surface area contributed by atoms with Gasteiger partial charge in [0.15, 0.2) is 5.13 Å². The number of alkyl halides is 3. The smallest absolute Gasteiger partial charge is 0.433 e. The Bertz CT molecular complexity index is 1530. The van der Waals surface area contributed by atoms with Gasteiger partial charge >= 0.3 is 6.18 Å². The maximum Gasteiger partial charge on any atom is 0.433 e. The summed E-state index contributed by atoms with van der Waals surface area (Å²) >= 11 is 7.50.